The maximum atomic E-state index is 5.76. The summed E-state index contributed by atoms with van der Waals surface area (Å²) < 4.78 is 1.07. The number of thiazole rings is 1. The summed E-state index contributed by atoms with van der Waals surface area (Å²) in [5.41, 5.74) is 7.96. The predicted molar refractivity (Wildman–Crippen MR) is 85.1 cm³/mol. The van der Waals surface area contributed by atoms with Gasteiger partial charge < -0.3 is 11.1 Å². The van der Waals surface area contributed by atoms with Gasteiger partial charge in [-0.2, -0.15) is 0 Å². The molecule has 0 atom stereocenters. The van der Waals surface area contributed by atoms with E-state index < -0.39 is 0 Å². The first-order valence-corrected chi connectivity index (χ1v) is 7.88. The lowest BCUT2D eigenvalue weighted by Crippen LogP contribution is -2.57. The smallest absolute Gasteiger partial charge is 0.182 e. The number of rotatable bonds is 1. The zero-order chi connectivity index (χ0) is 14.5. The first kappa shape index (κ1) is 13.8. The number of nitrogens with one attached hydrogen (secondary N) is 1. The third-order valence-electron chi connectivity index (χ3n) is 3.90. The minimum Gasteiger partial charge on any atom is -0.375 e. The van der Waals surface area contributed by atoms with Gasteiger partial charge >= 0.3 is 0 Å². The third-order valence-corrected chi connectivity index (χ3v) is 4.74. The molecule has 3 rings (SSSR count). The number of nitrogens with two attached hydrogens (primary N) is 1. The lowest BCUT2D eigenvalue weighted by Gasteiger charge is -2.46. The van der Waals surface area contributed by atoms with E-state index >= 15 is 0 Å². The lowest BCUT2D eigenvalue weighted by molar-refractivity contribution is 0.160. The normalized spacial score (nSPS) is 22.2. The van der Waals surface area contributed by atoms with E-state index in [0.717, 1.165) is 28.9 Å². The van der Waals surface area contributed by atoms with Gasteiger partial charge in [-0.25, -0.2) is 9.97 Å². The van der Waals surface area contributed by atoms with Crippen molar-refractivity contribution in [1.29, 1.82) is 0 Å². The summed E-state index contributed by atoms with van der Waals surface area (Å²) in [6.45, 7) is 9.06. The molecule has 0 aliphatic carbocycles. The topological polar surface area (TPSA) is 63.8 Å². The Morgan fingerprint density at radius 3 is 2.45 bits per heavy atom. The highest BCUT2D eigenvalue weighted by Gasteiger charge is 2.38. The van der Waals surface area contributed by atoms with E-state index in [2.05, 4.69) is 50.1 Å². The van der Waals surface area contributed by atoms with E-state index in [1.165, 1.54) is 11.3 Å². The maximum absolute atomic E-state index is 5.76. The zero-order valence-electron chi connectivity index (χ0n) is 12.5. The van der Waals surface area contributed by atoms with Crippen LogP contribution in [0, 0.1) is 0 Å². The molecule has 4 nitrogen and oxygen atoms in total. The molecule has 1 fully saturated rings. The van der Waals surface area contributed by atoms with Gasteiger partial charge in [-0.1, -0.05) is 11.3 Å². The summed E-state index contributed by atoms with van der Waals surface area (Å²) in [7, 11) is 0. The van der Waals surface area contributed by atoms with Gasteiger partial charge in [0.15, 0.2) is 10.8 Å². The molecule has 2 aromatic heterocycles. The van der Waals surface area contributed by atoms with Crippen LogP contribution in [0.3, 0.4) is 0 Å². The highest BCUT2D eigenvalue weighted by Crippen LogP contribution is 2.39. The highest BCUT2D eigenvalue weighted by atomic mass is 32.1. The molecule has 1 saturated heterocycles. The molecule has 0 spiro atoms. The summed E-state index contributed by atoms with van der Waals surface area (Å²) in [5.74, 6) is 0.466. The number of nitrogen functional groups attached to an aromatic ring is 1. The minimum atomic E-state index is 0.129. The van der Waals surface area contributed by atoms with Crippen molar-refractivity contribution >= 4 is 26.8 Å². The molecule has 108 valence electrons. The van der Waals surface area contributed by atoms with Gasteiger partial charge in [0.2, 0.25) is 0 Å². The van der Waals surface area contributed by atoms with Crippen LogP contribution in [0.2, 0.25) is 0 Å². The number of pyridine rings is 1. The van der Waals surface area contributed by atoms with Gasteiger partial charge in [0, 0.05) is 22.7 Å². The summed E-state index contributed by atoms with van der Waals surface area (Å²) in [6.07, 6.45) is 2.18. The molecule has 3 N–H and O–H groups in total. The highest BCUT2D eigenvalue weighted by molar-refractivity contribution is 7.21. The van der Waals surface area contributed by atoms with E-state index in [4.69, 9.17) is 10.7 Å². The fourth-order valence-electron chi connectivity index (χ4n) is 3.61. The monoisotopic (exact) mass is 290 g/mol. The molecule has 0 radical (unpaired) electrons. The third kappa shape index (κ3) is 2.65. The molecule has 0 amide bonds. The van der Waals surface area contributed by atoms with E-state index in [0.29, 0.717) is 11.0 Å². The Bertz CT molecular complexity index is 628. The van der Waals surface area contributed by atoms with Crippen molar-refractivity contribution in [3.63, 3.8) is 0 Å². The van der Waals surface area contributed by atoms with Gasteiger partial charge in [0.25, 0.3) is 0 Å². The Morgan fingerprint density at radius 2 is 1.80 bits per heavy atom. The van der Waals surface area contributed by atoms with Crippen molar-refractivity contribution in [2.24, 2.45) is 0 Å². The molecule has 20 heavy (non-hydrogen) atoms. The van der Waals surface area contributed by atoms with Gasteiger partial charge in [0.1, 0.15) is 0 Å². The lowest BCUT2D eigenvalue weighted by atomic mass is 9.74. The van der Waals surface area contributed by atoms with Crippen LogP contribution in [0.5, 0.6) is 0 Å². The Hall–Kier alpha value is -1.20. The Balaban J connectivity index is 1.97. The second-order valence-corrected chi connectivity index (χ2v) is 8.17. The van der Waals surface area contributed by atoms with Gasteiger partial charge in [-0.05, 0) is 52.7 Å². The molecule has 0 aromatic carbocycles. The van der Waals surface area contributed by atoms with Gasteiger partial charge in [-0.3, -0.25) is 0 Å². The molecular formula is C15H22N4S. The summed E-state index contributed by atoms with van der Waals surface area (Å²) >= 11 is 1.50. The molecule has 5 heteroatoms. The molecule has 0 saturated carbocycles. The van der Waals surface area contributed by atoms with Crippen LogP contribution in [-0.4, -0.2) is 21.0 Å². The molecule has 3 heterocycles. The molecule has 0 bridgehead atoms. The standard InChI is InChI=1S/C15H22N4S/c1-14(2)7-9(8-15(3,4)19-14)10-5-6-11-12(17-10)18-13(16)20-11/h5-6,9,19H,7-8H2,1-4H3,(H2,16,17,18). The van der Waals surface area contributed by atoms with Crippen LogP contribution in [0.25, 0.3) is 10.3 Å². The fourth-order valence-corrected chi connectivity index (χ4v) is 4.28. The summed E-state index contributed by atoms with van der Waals surface area (Å²) in [5, 5.41) is 4.30. The van der Waals surface area contributed by atoms with E-state index in [9.17, 15) is 0 Å². The molecule has 2 aromatic rings. The van der Waals surface area contributed by atoms with Crippen molar-refractivity contribution in [2.75, 3.05) is 5.73 Å². The fraction of sp³-hybridized carbons (Fsp3) is 0.600. The maximum Gasteiger partial charge on any atom is 0.182 e. The van der Waals surface area contributed by atoms with Crippen LogP contribution < -0.4 is 11.1 Å². The van der Waals surface area contributed by atoms with Crippen molar-refractivity contribution < 1.29 is 0 Å². The number of hydrogen-bond donors (Lipinski definition) is 2. The van der Waals surface area contributed by atoms with Crippen LogP contribution in [-0.2, 0) is 0 Å². The Labute approximate surface area is 123 Å². The number of hydrogen-bond acceptors (Lipinski definition) is 5. The number of nitrogens with zero attached hydrogens (tertiary/aromatic N) is 2. The molecule has 1 aliphatic heterocycles. The van der Waals surface area contributed by atoms with Crippen LogP contribution in [0.4, 0.5) is 5.13 Å². The van der Waals surface area contributed by atoms with Crippen molar-refractivity contribution in [1.82, 2.24) is 15.3 Å². The second kappa shape index (κ2) is 4.40. The number of piperidine rings is 1. The Kier molecular flexibility index (Phi) is 3.03. The summed E-state index contributed by atoms with van der Waals surface area (Å²) in [6, 6.07) is 4.25. The van der Waals surface area contributed by atoms with Crippen LogP contribution in [0.1, 0.15) is 52.1 Å². The molecular weight excluding hydrogens is 268 g/mol. The van der Waals surface area contributed by atoms with E-state index in [1.807, 2.05) is 0 Å². The Morgan fingerprint density at radius 1 is 1.15 bits per heavy atom. The average Bonchev–Trinajstić information content (AvgIpc) is 2.63. The van der Waals surface area contributed by atoms with Crippen LogP contribution in [0.15, 0.2) is 12.1 Å². The number of aromatic nitrogens is 2. The molecule has 1 aliphatic rings. The first-order chi connectivity index (χ1) is 9.24. The van der Waals surface area contributed by atoms with Crippen molar-refractivity contribution in [3.8, 4) is 0 Å². The number of fused-ring (bicyclic) bond motifs is 1. The van der Waals surface area contributed by atoms with E-state index in [-0.39, 0.29) is 11.1 Å². The van der Waals surface area contributed by atoms with Crippen molar-refractivity contribution in [2.45, 2.75) is 57.5 Å². The molecule has 0 unspecified atom stereocenters. The first-order valence-electron chi connectivity index (χ1n) is 7.06. The van der Waals surface area contributed by atoms with Crippen LogP contribution >= 0.6 is 11.3 Å². The average molecular weight is 290 g/mol. The zero-order valence-corrected chi connectivity index (χ0v) is 13.3. The second-order valence-electron chi connectivity index (χ2n) is 7.11. The SMILES string of the molecule is CC1(C)CC(c2ccc3sc(N)nc3n2)CC(C)(C)N1. The quantitative estimate of drug-likeness (QED) is 0.846. The van der Waals surface area contributed by atoms with Gasteiger partial charge in [-0.15, -0.1) is 0 Å². The minimum absolute atomic E-state index is 0.129. The summed E-state index contributed by atoms with van der Waals surface area (Å²) in [4.78, 5) is 9.05. The number of anilines is 1. The predicted octanol–water partition coefficient (Wildman–Crippen LogP) is 3.30. The van der Waals surface area contributed by atoms with E-state index in [1.54, 1.807) is 0 Å². The largest absolute Gasteiger partial charge is 0.375 e. The van der Waals surface area contributed by atoms with Crippen molar-refractivity contribution in [3.05, 3.63) is 17.8 Å². The van der Waals surface area contributed by atoms with Gasteiger partial charge in [0.05, 0.1) is 4.70 Å².